The lowest BCUT2D eigenvalue weighted by atomic mass is 9.97. The highest BCUT2D eigenvalue weighted by Crippen LogP contribution is 2.32. The van der Waals surface area contributed by atoms with Gasteiger partial charge in [-0.25, -0.2) is 0 Å². The van der Waals surface area contributed by atoms with Crippen LogP contribution in [0.4, 0.5) is 0 Å². The average molecular weight is 510 g/mol. The molecule has 7 nitrogen and oxygen atoms in total. The van der Waals surface area contributed by atoms with Crippen molar-refractivity contribution in [2.24, 2.45) is 0 Å². The standard InChI is InChI=1S/C20H47NO6Si4/c1-15(22)21-17-19(26-30(8,9)10)18(25-29(5,6)7)16(14-23-28(2,3)4)24-20(17)27-31(11,12)13/h16-20H,14H2,1-13H3,(H,21,22)/t16-,17-,18-,19-,20+/m1/s1. The van der Waals surface area contributed by atoms with E-state index in [0.29, 0.717) is 6.61 Å². The lowest BCUT2D eigenvalue weighted by molar-refractivity contribution is -0.238. The van der Waals surface area contributed by atoms with Crippen molar-refractivity contribution in [3.8, 4) is 0 Å². The summed E-state index contributed by atoms with van der Waals surface area (Å²) in [5, 5.41) is 3.07. The Morgan fingerprint density at radius 3 is 1.58 bits per heavy atom. The summed E-state index contributed by atoms with van der Waals surface area (Å²) in [5.74, 6) is -0.134. The quantitative estimate of drug-likeness (QED) is 0.441. The summed E-state index contributed by atoms with van der Waals surface area (Å²) in [6, 6.07) is -0.444. The molecule has 1 aliphatic rings. The minimum atomic E-state index is -1.98. The van der Waals surface area contributed by atoms with Gasteiger partial charge >= 0.3 is 0 Å². The van der Waals surface area contributed by atoms with Gasteiger partial charge in [-0.3, -0.25) is 4.79 Å². The number of hydrogen-bond acceptors (Lipinski definition) is 6. The summed E-state index contributed by atoms with van der Waals surface area (Å²) >= 11 is 0. The van der Waals surface area contributed by atoms with Gasteiger partial charge in [0.05, 0.1) is 12.7 Å². The minimum absolute atomic E-state index is 0.134. The van der Waals surface area contributed by atoms with Gasteiger partial charge in [-0.2, -0.15) is 0 Å². The first-order valence-corrected chi connectivity index (χ1v) is 24.9. The summed E-state index contributed by atoms with van der Waals surface area (Å²) in [4.78, 5) is 12.2. The number of carbonyl (C=O) groups excluding carboxylic acids is 1. The van der Waals surface area contributed by atoms with E-state index in [2.05, 4.69) is 83.9 Å². The molecule has 1 aliphatic heterocycles. The van der Waals surface area contributed by atoms with Crippen molar-refractivity contribution >= 4 is 39.2 Å². The molecule has 1 amide bonds. The van der Waals surface area contributed by atoms with Crippen molar-refractivity contribution in [1.82, 2.24) is 5.32 Å². The highest BCUT2D eigenvalue weighted by molar-refractivity contribution is 6.71. The maximum absolute atomic E-state index is 12.2. The molecule has 1 N–H and O–H groups in total. The number of nitrogens with one attached hydrogen (secondary N) is 1. The van der Waals surface area contributed by atoms with Crippen LogP contribution in [0.25, 0.3) is 0 Å². The van der Waals surface area contributed by atoms with Gasteiger partial charge < -0.3 is 27.8 Å². The molecule has 11 heteroatoms. The first-order valence-electron chi connectivity index (χ1n) is 11.3. The van der Waals surface area contributed by atoms with Gasteiger partial charge in [0.2, 0.25) is 5.91 Å². The third kappa shape index (κ3) is 11.7. The molecule has 0 aliphatic carbocycles. The third-order valence-electron chi connectivity index (χ3n) is 4.15. The van der Waals surface area contributed by atoms with E-state index in [1.54, 1.807) is 0 Å². The van der Waals surface area contributed by atoms with E-state index in [9.17, 15) is 4.79 Å². The van der Waals surface area contributed by atoms with Gasteiger partial charge in [-0.1, -0.05) is 0 Å². The van der Waals surface area contributed by atoms with Crippen LogP contribution >= 0.6 is 0 Å². The van der Waals surface area contributed by atoms with Crippen molar-refractivity contribution in [2.45, 2.75) is 116 Å². The molecule has 0 aromatic carbocycles. The maximum atomic E-state index is 12.2. The second-order valence-corrected chi connectivity index (χ2v) is 30.2. The molecule has 0 radical (unpaired) electrons. The van der Waals surface area contributed by atoms with E-state index in [-0.39, 0.29) is 24.2 Å². The number of hydrogen-bond donors (Lipinski definition) is 1. The van der Waals surface area contributed by atoms with Crippen molar-refractivity contribution in [3.05, 3.63) is 0 Å². The number of amides is 1. The van der Waals surface area contributed by atoms with Crippen LogP contribution in [0.15, 0.2) is 0 Å². The van der Waals surface area contributed by atoms with Crippen molar-refractivity contribution in [3.63, 3.8) is 0 Å². The zero-order chi connectivity index (χ0) is 24.4. The lowest BCUT2D eigenvalue weighted by Gasteiger charge is -2.50. The van der Waals surface area contributed by atoms with E-state index in [1.807, 2.05) is 0 Å². The second-order valence-electron chi connectivity index (χ2n) is 12.3. The fraction of sp³-hybridized carbons (Fsp3) is 0.950. The highest BCUT2D eigenvalue weighted by atomic mass is 28.4. The fourth-order valence-electron chi connectivity index (χ4n) is 3.31. The normalized spacial score (nSPS) is 28.5. The van der Waals surface area contributed by atoms with Gasteiger partial charge in [-0.15, -0.1) is 0 Å². The molecule has 1 fully saturated rings. The van der Waals surface area contributed by atoms with Gasteiger partial charge in [0.1, 0.15) is 18.2 Å². The number of ether oxygens (including phenoxy) is 1. The van der Waals surface area contributed by atoms with Gasteiger partial charge in [0.15, 0.2) is 39.6 Å². The summed E-state index contributed by atoms with van der Waals surface area (Å²) in [7, 11) is -7.67. The summed E-state index contributed by atoms with van der Waals surface area (Å²) in [6.45, 7) is 27.7. The molecule has 0 unspecified atom stereocenters. The first-order chi connectivity index (χ1) is 13.7. The maximum Gasteiger partial charge on any atom is 0.217 e. The van der Waals surface area contributed by atoms with E-state index in [1.165, 1.54) is 6.92 Å². The number of rotatable bonds is 10. The Kier molecular flexibility index (Phi) is 9.97. The smallest absolute Gasteiger partial charge is 0.217 e. The molecule has 0 bridgehead atoms. The van der Waals surface area contributed by atoms with E-state index in [0.717, 1.165) is 0 Å². The van der Waals surface area contributed by atoms with Crippen LogP contribution in [0.1, 0.15) is 6.92 Å². The Morgan fingerprint density at radius 1 is 0.742 bits per heavy atom. The van der Waals surface area contributed by atoms with Crippen LogP contribution < -0.4 is 5.32 Å². The molecule has 1 saturated heterocycles. The largest absolute Gasteiger partial charge is 0.415 e. The Bertz CT molecular complexity index is 594. The second kappa shape index (κ2) is 10.6. The molecule has 0 aromatic heterocycles. The molecule has 0 spiro atoms. The molecule has 1 heterocycles. The first kappa shape index (κ1) is 29.2. The SMILES string of the molecule is CC(=O)N[C@H]1[C@H](O[Si](C)(C)C)O[C@H](CO[Si](C)(C)C)[C@@H](O[Si](C)(C)C)[C@@H]1O[Si](C)(C)C. The Balaban J connectivity index is 3.45. The molecular weight excluding hydrogens is 463 g/mol. The van der Waals surface area contributed by atoms with Gasteiger partial charge in [-0.05, 0) is 78.6 Å². The lowest BCUT2D eigenvalue weighted by Crippen LogP contribution is -2.69. The summed E-state index contributed by atoms with van der Waals surface area (Å²) in [5.41, 5.74) is 0. The van der Waals surface area contributed by atoms with Crippen LogP contribution in [-0.4, -0.2) is 76.4 Å². The molecule has 0 saturated carbocycles. The van der Waals surface area contributed by atoms with E-state index < -0.39 is 45.6 Å². The van der Waals surface area contributed by atoms with E-state index >= 15 is 0 Å². The molecule has 1 rings (SSSR count). The summed E-state index contributed by atoms with van der Waals surface area (Å²) < 4.78 is 32.5. The van der Waals surface area contributed by atoms with Gasteiger partial charge in [0, 0.05) is 6.92 Å². The van der Waals surface area contributed by atoms with Crippen LogP contribution in [0.5, 0.6) is 0 Å². The van der Waals surface area contributed by atoms with Crippen LogP contribution in [0.3, 0.4) is 0 Å². The zero-order valence-corrected chi connectivity index (χ0v) is 26.0. The van der Waals surface area contributed by atoms with Crippen LogP contribution in [-0.2, 0) is 27.2 Å². The fourth-order valence-corrected chi connectivity index (χ4v) is 7.07. The Morgan fingerprint density at radius 2 is 1.19 bits per heavy atom. The number of carbonyl (C=O) groups is 1. The predicted octanol–water partition coefficient (Wildman–Crippen LogP) is 4.36. The van der Waals surface area contributed by atoms with Crippen LogP contribution in [0, 0.1) is 0 Å². The zero-order valence-electron chi connectivity index (χ0n) is 22.0. The molecule has 31 heavy (non-hydrogen) atoms. The third-order valence-corrected chi connectivity index (χ3v) is 8.08. The molecule has 5 atom stereocenters. The predicted molar refractivity (Wildman–Crippen MR) is 136 cm³/mol. The highest BCUT2D eigenvalue weighted by Gasteiger charge is 2.51. The average Bonchev–Trinajstić information content (AvgIpc) is 2.46. The minimum Gasteiger partial charge on any atom is -0.415 e. The van der Waals surface area contributed by atoms with Crippen LogP contribution in [0.2, 0.25) is 78.6 Å². The monoisotopic (exact) mass is 509 g/mol. The topological polar surface area (TPSA) is 75.3 Å². The van der Waals surface area contributed by atoms with E-state index in [4.69, 9.17) is 22.4 Å². The molecule has 184 valence electrons. The molecular formula is C20H47NO6Si4. The van der Waals surface area contributed by atoms with Crippen molar-refractivity contribution < 1.29 is 27.2 Å². The van der Waals surface area contributed by atoms with Gasteiger partial charge in [0.25, 0.3) is 0 Å². The Hall–Kier alpha value is 0.138. The molecule has 0 aromatic rings. The van der Waals surface area contributed by atoms with Crippen molar-refractivity contribution in [2.75, 3.05) is 6.61 Å². The Labute approximate surface area is 194 Å². The summed E-state index contributed by atoms with van der Waals surface area (Å²) in [6.07, 6.45) is -1.64. The van der Waals surface area contributed by atoms with Crippen molar-refractivity contribution in [1.29, 1.82) is 0 Å².